The summed E-state index contributed by atoms with van der Waals surface area (Å²) in [6.07, 6.45) is 6.36. The number of nitriles is 1. The predicted octanol–water partition coefficient (Wildman–Crippen LogP) is 7.45. The van der Waals surface area contributed by atoms with E-state index in [1.54, 1.807) is 11.8 Å². The van der Waals surface area contributed by atoms with Gasteiger partial charge in [-0.3, -0.25) is 4.79 Å². The Morgan fingerprint density at radius 3 is 2.39 bits per heavy atom. The van der Waals surface area contributed by atoms with Crippen molar-refractivity contribution >= 4 is 23.4 Å². The summed E-state index contributed by atoms with van der Waals surface area (Å²) >= 11 is 1.62. The molecule has 0 aliphatic heterocycles. The van der Waals surface area contributed by atoms with Crippen molar-refractivity contribution in [2.24, 2.45) is 4.99 Å². The average molecular weight is 535 g/mol. The highest BCUT2D eigenvalue weighted by atomic mass is 32.2. The van der Waals surface area contributed by atoms with Crippen LogP contribution in [-0.2, 0) is 10.2 Å². The van der Waals surface area contributed by atoms with Crippen LogP contribution in [0.15, 0.2) is 64.1 Å². The van der Waals surface area contributed by atoms with Gasteiger partial charge in [-0.1, -0.05) is 38.1 Å². The zero-order valence-corrected chi connectivity index (χ0v) is 24.2. The molecule has 0 unspecified atom stereocenters. The summed E-state index contributed by atoms with van der Waals surface area (Å²) in [4.78, 5) is 15.5. The molecule has 0 spiro atoms. The first-order valence-electron chi connectivity index (χ1n) is 12.6. The van der Waals surface area contributed by atoms with E-state index >= 15 is 0 Å². The van der Waals surface area contributed by atoms with Gasteiger partial charge in [0.2, 0.25) is 0 Å². The van der Waals surface area contributed by atoms with E-state index in [-0.39, 0.29) is 18.4 Å². The third-order valence-electron chi connectivity index (χ3n) is 6.09. The van der Waals surface area contributed by atoms with E-state index in [0.29, 0.717) is 24.3 Å². The lowest BCUT2D eigenvalue weighted by Gasteiger charge is -2.27. The van der Waals surface area contributed by atoms with Gasteiger partial charge in [0, 0.05) is 11.8 Å². The number of aliphatic imine (C=N–C) groups is 1. The van der Waals surface area contributed by atoms with Crippen LogP contribution in [0, 0.1) is 18.3 Å². The highest BCUT2D eigenvalue weighted by Crippen LogP contribution is 2.36. The molecule has 0 aliphatic carbocycles. The van der Waals surface area contributed by atoms with Crippen LogP contribution in [-0.4, -0.2) is 36.3 Å². The Morgan fingerprint density at radius 2 is 1.84 bits per heavy atom. The van der Waals surface area contributed by atoms with Crippen LogP contribution in [0.5, 0.6) is 11.5 Å². The van der Waals surface area contributed by atoms with Gasteiger partial charge in [-0.05, 0) is 86.9 Å². The van der Waals surface area contributed by atoms with Crippen molar-refractivity contribution in [1.82, 2.24) is 0 Å². The minimum absolute atomic E-state index is 0.0312. The maximum atomic E-state index is 10.8. The standard InChI is InChI=1S/C31H38N2O4S/c1-8-10-26(33-30(38-7)21(2)3)20-37-27-14-12-24(13-15-27)31(5,6)25-17-22(4)29(23(18-25)19-32)36-16-9-11-28(34)35/h8,10,12-15,17-18H,9,11,16,20H2,1-7H3,(H,34,35)/b10-8-,33-26+. The smallest absolute Gasteiger partial charge is 0.303 e. The lowest BCUT2D eigenvalue weighted by atomic mass is 9.77. The molecule has 38 heavy (non-hydrogen) atoms. The third-order valence-corrected chi connectivity index (χ3v) is 6.97. The average Bonchev–Trinajstić information content (AvgIpc) is 2.88. The van der Waals surface area contributed by atoms with E-state index in [2.05, 4.69) is 19.9 Å². The van der Waals surface area contributed by atoms with Gasteiger partial charge in [-0.2, -0.15) is 5.26 Å². The van der Waals surface area contributed by atoms with Crippen LogP contribution in [0.25, 0.3) is 0 Å². The summed E-state index contributed by atoms with van der Waals surface area (Å²) in [6, 6.07) is 14.1. The van der Waals surface area contributed by atoms with Gasteiger partial charge in [-0.25, -0.2) is 4.99 Å². The number of aliphatic carboxylic acids is 1. The van der Waals surface area contributed by atoms with Crippen LogP contribution in [0.4, 0.5) is 0 Å². The number of hydrogen-bond acceptors (Lipinski definition) is 6. The molecule has 0 aromatic heterocycles. The molecule has 2 aromatic carbocycles. The van der Waals surface area contributed by atoms with Crippen LogP contribution < -0.4 is 9.47 Å². The molecule has 7 heteroatoms. The summed E-state index contributed by atoms with van der Waals surface area (Å²) in [5.41, 5.74) is 5.02. The topological polar surface area (TPSA) is 91.9 Å². The van der Waals surface area contributed by atoms with Crippen molar-refractivity contribution in [3.8, 4) is 17.6 Å². The summed E-state index contributed by atoms with van der Waals surface area (Å²) in [6.45, 7) is 12.8. The molecule has 202 valence electrons. The van der Waals surface area contributed by atoms with E-state index in [1.165, 1.54) is 5.57 Å². The second kappa shape index (κ2) is 14.4. The SMILES string of the molecule is C/C=C\C(COc1ccc(C(C)(C)c2cc(C)c(OCCCC(=O)O)c(C#N)c2)cc1)=N/C(SC)=C(C)C. The van der Waals surface area contributed by atoms with Gasteiger partial charge < -0.3 is 14.6 Å². The number of carboxylic acid groups (broad SMARTS) is 1. The first-order chi connectivity index (χ1) is 18.0. The lowest BCUT2D eigenvalue weighted by Crippen LogP contribution is -2.20. The Kier molecular flexibility index (Phi) is 11.7. The normalized spacial score (nSPS) is 11.8. The molecule has 0 atom stereocenters. The Morgan fingerprint density at radius 1 is 1.16 bits per heavy atom. The maximum absolute atomic E-state index is 10.8. The van der Waals surface area contributed by atoms with Crippen molar-refractivity contribution < 1.29 is 19.4 Å². The van der Waals surface area contributed by atoms with Gasteiger partial charge in [0.15, 0.2) is 0 Å². The molecular formula is C31H38N2O4S. The monoisotopic (exact) mass is 534 g/mol. The summed E-state index contributed by atoms with van der Waals surface area (Å²) in [5, 5.41) is 19.6. The minimum atomic E-state index is -0.862. The molecule has 0 bridgehead atoms. The zero-order chi connectivity index (χ0) is 28.3. The first kappa shape index (κ1) is 30.7. The van der Waals surface area contributed by atoms with E-state index in [0.717, 1.165) is 33.2 Å². The second-order valence-corrected chi connectivity index (χ2v) is 10.5. The van der Waals surface area contributed by atoms with Crippen LogP contribution >= 0.6 is 11.8 Å². The summed E-state index contributed by atoms with van der Waals surface area (Å²) < 4.78 is 11.8. The molecule has 0 amide bonds. The number of aryl methyl sites for hydroxylation is 1. The summed E-state index contributed by atoms with van der Waals surface area (Å²) in [7, 11) is 0. The third kappa shape index (κ3) is 8.53. The number of rotatable bonds is 13. The van der Waals surface area contributed by atoms with E-state index in [9.17, 15) is 10.1 Å². The van der Waals surface area contributed by atoms with Crippen molar-refractivity contribution in [3.05, 3.63) is 81.4 Å². The van der Waals surface area contributed by atoms with Gasteiger partial charge in [0.25, 0.3) is 0 Å². The van der Waals surface area contributed by atoms with Crippen LogP contribution in [0.3, 0.4) is 0 Å². The number of carbonyl (C=O) groups is 1. The fraction of sp³-hybridized carbons (Fsp3) is 0.387. The van der Waals surface area contributed by atoms with Gasteiger partial charge in [-0.15, -0.1) is 11.8 Å². The number of hydrogen-bond donors (Lipinski definition) is 1. The number of carboxylic acids is 1. The van der Waals surface area contributed by atoms with Gasteiger partial charge >= 0.3 is 5.97 Å². The van der Waals surface area contributed by atoms with E-state index in [1.807, 2.05) is 82.5 Å². The highest BCUT2D eigenvalue weighted by Gasteiger charge is 2.25. The minimum Gasteiger partial charge on any atom is -0.492 e. The lowest BCUT2D eigenvalue weighted by molar-refractivity contribution is -0.137. The van der Waals surface area contributed by atoms with E-state index in [4.69, 9.17) is 19.6 Å². The molecular weight excluding hydrogens is 496 g/mol. The van der Waals surface area contributed by atoms with Crippen LogP contribution in [0.2, 0.25) is 0 Å². The largest absolute Gasteiger partial charge is 0.492 e. The second-order valence-electron chi connectivity index (χ2n) is 9.68. The molecule has 0 fully saturated rings. The molecule has 0 saturated carbocycles. The van der Waals surface area contributed by atoms with Crippen molar-refractivity contribution in [2.75, 3.05) is 19.5 Å². The van der Waals surface area contributed by atoms with E-state index < -0.39 is 5.97 Å². The molecule has 6 nitrogen and oxygen atoms in total. The molecule has 1 N–H and O–H groups in total. The van der Waals surface area contributed by atoms with Crippen LogP contribution in [0.1, 0.15) is 69.7 Å². The fourth-order valence-corrected chi connectivity index (χ4v) is 4.52. The number of allylic oxidation sites excluding steroid dienone is 2. The number of thioether (sulfide) groups is 1. The Hall–Kier alpha value is -3.50. The quantitative estimate of drug-likeness (QED) is 0.212. The predicted molar refractivity (Wildman–Crippen MR) is 156 cm³/mol. The highest BCUT2D eigenvalue weighted by molar-refractivity contribution is 8.02. The Labute approximate surface area is 231 Å². The Bertz CT molecular complexity index is 1250. The van der Waals surface area contributed by atoms with Gasteiger partial charge in [0.05, 0.1) is 22.9 Å². The number of ether oxygens (including phenoxy) is 2. The fourth-order valence-electron chi connectivity index (χ4n) is 3.90. The van der Waals surface area contributed by atoms with Crippen molar-refractivity contribution in [3.63, 3.8) is 0 Å². The van der Waals surface area contributed by atoms with Crippen molar-refractivity contribution in [2.45, 2.75) is 59.8 Å². The molecule has 2 aromatic rings. The molecule has 0 radical (unpaired) electrons. The Balaban J connectivity index is 2.22. The zero-order valence-electron chi connectivity index (χ0n) is 23.4. The maximum Gasteiger partial charge on any atom is 0.303 e. The molecule has 0 saturated heterocycles. The van der Waals surface area contributed by atoms with Crippen molar-refractivity contribution in [1.29, 1.82) is 5.26 Å². The first-order valence-corrected chi connectivity index (χ1v) is 13.8. The molecule has 2 rings (SSSR count). The summed E-state index contributed by atoms with van der Waals surface area (Å²) in [5.74, 6) is 0.403. The van der Waals surface area contributed by atoms with Gasteiger partial charge in [0.1, 0.15) is 24.2 Å². The molecule has 0 aliphatic rings. The number of nitrogens with zero attached hydrogens (tertiary/aromatic N) is 2. The molecule has 0 heterocycles. The number of benzene rings is 2.